The van der Waals surface area contributed by atoms with Crippen molar-refractivity contribution in [3.8, 4) is 0 Å². The van der Waals surface area contributed by atoms with E-state index in [1.54, 1.807) is 17.6 Å². The fraction of sp³-hybridized carbons (Fsp3) is 0.737. The van der Waals surface area contributed by atoms with Crippen molar-refractivity contribution in [3.63, 3.8) is 0 Å². The lowest BCUT2D eigenvalue weighted by molar-refractivity contribution is -0.0288. The van der Waals surface area contributed by atoms with E-state index >= 15 is 0 Å². The van der Waals surface area contributed by atoms with Gasteiger partial charge < -0.3 is 9.30 Å². The van der Waals surface area contributed by atoms with Crippen LogP contribution in [0.15, 0.2) is 16.9 Å². The first-order valence-electron chi connectivity index (χ1n) is 9.74. The van der Waals surface area contributed by atoms with E-state index in [0.29, 0.717) is 44.1 Å². The van der Waals surface area contributed by atoms with Crippen molar-refractivity contribution >= 4 is 10.0 Å². The van der Waals surface area contributed by atoms with Crippen molar-refractivity contribution in [1.82, 2.24) is 9.29 Å². The van der Waals surface area contributed by atoms with Crippen LogP contribution >= 0.6 is 0 Å². The van der Waals surface area contributed by atoms with Gasteiger partial charge >= 0.3 is 0 Å². The van der Waals surface area contributed by atoms with Crippen LogP contribution in [-0.4, -0.2) is 44.4 Å². The molecule has 2 unspecified atom stereocenters. The number of ether oxygens (including phenoxy) is 1. The summed E-state index contributed by atoms with van der Waals surface area (Å²) in [6, 6.07) is 2.77. The Balaban J connectivity index is 1.77. The molecule has 1 saturated carbocycles. The number of nitrogens with zero attached hydrogens (tertiary/aromatic N) is 1. The van der Waals surface area contributed by atoms with Crippen LogP contribution in [0.1, 0.15) is 49.4 Å². The Labute approximate surface area is 164 Å². The van der Waals surface area contributed by atoms with E-state index in [2.05, 4.69) is 4.72 Å². The number of aryl methyl sites for hydroxylation is 2. The summed E-state index contributed by atoms with van der Waals surface area (Å²) in [6.07, 6.45) is 1.80. The monoisotopic (exact) mass is 418 g/mol. The minimum Gasteiger partial charge on any atom is -0.376 e. The van der Waals surface area contributed by atoms with Gasteiger partial charge in [0.05, 0.1) is 25.0 Å². The van der Waals surface area contributed by atoms with Gasteiger partial charge in [-0.15, -0.1) is 0 Å². The number of nitrogens with one attached hydrogen (secondary N) is 1. The average molecular weight is 419 g/mol. The molecular weight excluding hydrogens is 390 g/mol. The average Bonchev–Trinajstić information content (AvgIpc) is 2.63. The number of aromatic nitrogens is 1. The third kappa shape index (κ3) is 4.99. The quantitative estimate of drug-likeness (QED) is 0.770. The smallest absolute Gasteiger partial charge is 0.254 e. The maximum absolute atomic E-state index is 12.8. The van der Waals surface area contributed by atoms with E-state index in [0.717, 1.165) is 11.9 Å². The lowest BCUT2D eigenvalue weighted by Gasteiger charge is -2.37. The van der Waals surface area contributed by atoms with Gasteiger partial charge in [0.2, 0.25) is 16.4 Å². The Morgan fingerprint density at radius 3 is 2.50 bits per heavy atom. The van der Waals surface area contributed by atoms with Crippen LogP contribution < -0.4 is 10.3 Å². The number of alkyl halides is 2. The summed E-state index contributed by atoms with van der Waals surface area (Å²) in [6.45, 7) is 1.90. The molecule has 6 nitrogen and oxygen atoms in total. The minimum absolute atomic E-state index is 0.139. The molecule has 1 N–H and O–H groups in total. The van der Waals surface area contributed by atoms with Gasteiger partial charge in [0, 0.05) is 23.2 Å². The maximum atomic E-state index is 12.8. The summed E-state index contributed by atoms with van der Waals surface area (Å²) in [5, 5.41) is 0. The summed E-state index contributed by atoms with van der Waals surface area (Å²) in [4.78, 5) is 12.8. The van der Waals surface area contributed by atoms with Crippen LogP contribution in [0.4, 0.5) is 8.78 Å². The molecule has 3 rings (SSSR count). The molecule has 0 spiro atoms. The highest BCUT2D eigenvalue weighted by Gasteiger charge is 2.34. The highest BCUT2D eigenvalue weighted by atomic mass is 32.2. The van der Waals surface area contributed by atoms with Gasteiger partial charge in [-0.05, 0) is 51.5 Å². The fourth-order valence-corrected chi connectivity index (χ4v) is 5.11. The first-order chi connectivity index (χ1) is 13.2. The van der Waals surface area contributed by atoms with Gasteiger partial charge in [-0.1, -0.05) is 6.07 Å². The van der Waals surface area contributed by atoms with Crippen LogP contribution in [0.25, 0.3) is 0 Å². The van der Waals surface area contributed by atoms with E-state index in [1.165, 1.54) is 0 Å². The van der Waals surface area contributed by atoms with E-state index in [1.807, 2.05) is 6.07 Å². The largest absolute Gasteiger partial charge is 0.376 e. The first kappa shape index (κ1) is 21.4. The van der Waals surface area contributed by atoms with E-state index in [-0.39, 0.29) is 18.3 Å². The summed E-state index contributed by atoms with van der Waals surface area (Å²) in [5.74, 6) is -0.569. The van der Waals surface area contributed by atoms with Crippen molar-refractivity contribution in [1.29, 1.82) is 0 Å². The lowest BCUT2D eigenvalue weighted by Crippen LogP contribution is -2.49. The maximum Gasteiger partial charge on any atom is 0.254 e. The highest BCUT2D eigenvalue weighted by molar-refractivity contribution is 7.88. The van der Waals surface area contributed by atoms with Crippen LogP contribution in [-0.2, 0) is 21.2 Å². The number of rotatable bonds is 6. The number of pyridine rings is 1. The predicted molar refractivity (Wildman–Crippen MR) is 102 cm³/mol. The van der Waals surface area contributed by atoms with Crippen molar-refractivity contribution < 1.29 is 21.9 Å². The normalized spacial score (nSPS) is 28.3. The second-order valence-electron chi connectivity index (χ2n) is 7.99. The molecular formula is C19H28F2N2O4S. The Kier molecular flexibility index (Phi) is 6.56. The summed E-state index contributed by atoms with van der Waals surface area (Å²) < 4.78 is 59.6. The van der Waals surface area contributed by atoms with E-state index in [4.69, 9.17) is 4.74 Å². The molecule has 28 heavy (non-hydrogen) atoms. The molecule has 2 aliphatic rings. The first-order valence-corrected chi connectivity index (χ1v) is 11.6. The van der Waals surface area contributed by atoms with Crippen LogP contribution in [0.5, 0.6) is 0 Å². The third-order valence-electron chi connectivity index (χ3n) is 5.84. The molecule has 158 valence electrons. The summed E-state index contributed by atoms with van der Waals surface area (Å²) >= 11 is 0. The standard InChI is InChI=1S/C19H28F2N2O4S/c1-12-3-6-14-7-10-16(22-28(2,25)26)17(23(14)19(12)24)11-27-15-8-4-13(5-9-15)18(20)21/h3,6,13,15-18,22H,4-5,7-11H2,1-2H3. The van der Waals surface area contributed by atoms with Crippen LogP contribution in [0.2, 0.25) is 0 Å². The van der Waals surface area contributed by atoms with Crippen LogP contribution in [0, 0.1) is 12.8 Å². The van der Waals surface area contributed by atoms with E-state index < -0.39 is 34.5 Å². The Hall–Kier alpha value is -1.32. The molecule has 2 heterocycles. The van der Waals surface area contributed by atoms with Gasteiger partial charge in [0.15, 0.2) is 0 Å². The number of hydrogen-bond acceptors (Lipinski definition) is 4. The zero-order valence-electron chi connectivity index (χ0n) is 16.2. The van der Waals surface area contributed by atoms with Crippen molar-refractivity contribution in [2.24, 2.45) is 5.92 Å². The minimum atomic E-state index is -3.45. The molecule has 0 radical (unpaired) electrons. The Morgan fingerprint density at radius 2 is 1.89 bits per heavy atom. The number of hydrogen-bond donors (Lipinski definition) is 1. The molecule has 9 heteroatoms. The zero-order chi connectivity index (χ0) is 20.5. The zero-order valence-corrected chi connectivity index (χ0v) is 17.1. The number of fused-ring (bicyclic) bond motifs is 1. The predicted octanol–water partition coefficient (Wildman–Crippen LogP) is 2.40. The Morgan fingerprint density at radius 1 is 1.21 bits per heavy atom. The molecule has 0 bridgehead atoms. The van der Waals surface area contributed by atoms with Gasteiger partial charge in [-0.3, -0.25) is 4.79 Å². The van der Waals surface area contributed by atoms with E-state index in [9.17, 15) is 22.0 Å². The highest BCUT2D eigenvalue weighted by Crippen LogP contribution is 2.32. The second kappa shape index (κ2) is 8.59. The lowest BCUT2D eigenvalue weighted by atomic mass is 9.87. The second-order valence-corrected chi connectivity index (χ2v) is 9.77. The molecule has 0 aromatic carbocycles. The van der Waals surface area contributed by atoms with Crippen molar-refractivity contribution in [3.05, 3.63) is 33.7 Å². The molecule has 1 aliphatic carbocycles. The van der Waals surface area contributed by atoms with Gasteiger partial charge in [0.25, 0.3) is 5.56 Å². The number of sulfonamides is 1. The third-order valence-corrected chi connectivity index (χ3v) is 6.57. The topological polar surface area (TPSA) is 77.4 Å². The van der Waals surface area contributed by atoms with Crippen molar-refractivity contribution in [2.75, 3.05) is 12.9 Å². The molecule has 1 aromatic rings. The van der Waals surface area contributed by atoms with Gasteiger partial charge in [0.1, 0.15) is 0 Å². The Bertz CT molecular complexity index is 848. The van der Waals surface area contributed by atoms with Crippen LogP contribution in [0.3, 0.4) is 0 Å². The van der Waals surface area contributed by atoms with Crippen molar-refractivity contribution in [2.45, 2.75) is 70.1 Å². The molecule has 0 saturated heterocycles. The van der Waals surface area contributed by atoms with Gasteiger partial charge in [-0.25, -0.2) is 21.9 Å². The molecule has 1 aliphatic heterocycles. The molecule has 1 fully saturated rings. The summed E-state index contributed by atoms with van der Waals surface area (Å²) in [5.41, 5.74) is 1.30. The molecule has 0 amide bonds. The SMILES string of the molecule is Cc1ccc2n(c1=O)C(COC1CCC(C(F)F)CC1)C(NS(C)(=O)=O)CC2. The summed E-state index contributed by atoms with van der Waals surface area (Å²) in [7, 11) is -3.45. The molecule has 1 aromatic heterocycles. The van der Waals surface area contributed by atoms with Gasteiger partial charge in [-0.2, -0.15) is 0 Å². The number of halogens is 2. The fourth-order valence-electron chi connectivity index (χ4n) is 4.28. The molecule has 2 atom stereocenters.